The predicted molar refractivity (Wildman–Crippen MR) is 73.5 cm³/mol. The van der Waals surface area contributed by atoms with Crippen molar-refractivity contribution >= 4 is 39.2 Å². The second-order valence-electron chi connectivity index (χ2n) is 4.21. The molecule has 1 saturated heterocycles. The lowest BCUT2D eigenvalue weighted by Gasteiger charge is -2.18. The maximum Gasteiger partial charge on any atom is 0.324 e. The zero-order valence-corrected chi connectivity index (χ0v) is 12.4. The monoisotopic (exact) mass is 331 g/mol. The van der Waals surface area contributed by atoms with E-state index in [-0.39, 0.29) is 18.5 Å². The molecule has 1 N–H and O–H groups in total. The molecule has 0 radical (unpaired) electrons. The summed E-state index contributed by atoms with van der Waals surface area (Å²) in [5.41, 5.74) is 1.16. The third kappa shape index (κ3) is 3.30. The van der Waals surface area contributed by atoms with E-state index in [0.717, 1.165) is 9.35 Å². The van der Waals surface area contributed by atoms with Crippen LogP contribution in [0.25, 0.3) is 0 Å². The van der Waals surface area contributed by atoms with Crippen LogP contribution in [0, 0.1) is 0 Å². The third-order valence-corrected chi connectivity index (χ3v) is 4.19. The molecule has 0 saturated carbocycles. The van der Waals surface area contributed by atoms with Crippen LogP contribution in [0.5, 0.6) is 0 Å². The van der Waals surface area contributed by atoms with E-state index in [9.17, 15) is 9.59 Å². The van der Waals surface area contributed by atoms with Crippen molar-refractivity contribution in [2.45, 2.75) is 6.54 Å². The van der Waals surface area contributed by atoms with Crippen LogP contribution in [0.2, 0.25) is 0 Å². The van der Waals surface area contributed by atoms with Gasteiger partial charge < -0.3 is 5.32 Å². The lowest BCUT2D eigenvalue weighted by molar-refractivity contribution is -0.128. The fraction of sp³-hybridized carbons (Fsp3) is 0.455. The van der Waals surface area contributed by atoms with E-state index in [4.69, 9.17) is 0 Å². The summed E-state index contributed by atoms with van der Waals surface area (Å²) in [6, 6.07) is 1.75. The van der Waals surface area contributed by atoms with Crippen molar-refractivity contribution in [3.8, 4) is 0 Å². The first-order valence-corrected chi connectivity index (χ1v) is 7.23. The quantitative estimate of drug-likeness (QED) is 0.909. The van der Waals surface area contributed by atoms with Crippen LogP contribution in [-0.2, 0) is 11.3 Å². The number of nitrogens with one attached hydrogen (secondary N) is 1. The van der Waals surface area contributed by atoms with Crippen LogP contribution in [0.3, 0.4) is 0 Å². The zero-order chi connectivity index (χ0) is 13.1. The first-order valence-electron chi connectivity index (χ1n) is 5.56. The van der Waals surface area contributed by atoms with Crippen LogP contribution < -0.4 is 5.32 Å². The van der Waals surface area contributed by atoms with Crippen molar-refractivity contribution in [3.63, 3.8) is 0 Å². The molecule has 0 unspecified atom stereocenters. The Morgan fingerprint density at radius 1 is 1.67 bits per heavy atom. The van der Waals surface area contributed by atoms with Gasteiger partial charge in [-0.25, -0.2) is 4.79 Å². The van der Waals surface area contributed by atoms with Gasteiger partial charge in [-0.3, -0.25) is 14.6 Å². The van der Waals surface area contributed by atoms with Gasteiger partial charge in [0.2, 0.25) is 5.91 Å². The summed E-state index contributed by atoms with van der Waals surface area (Å²) in [5.74, 6) is -0.151. The van der Waals surface area contributed by atoms with Crippen molar-refractivity contribution in [1.29, 1.82) is 0 Å². The molecule has 18 heavy (non-hydrogen) atoms. The highest BCUT2D eigenvalue weighted by atomic mass is 79.9. The van der Waals surface area contributed by atoms with Crippen LogP contribution >= 0.6 is 27.3 Å². The number of thiophene rings is 1. The highest BCUT2D eigenvalue weighted by Gasteiger charge is 2.26. The van der Waals surface area contributed by atoms with Crippen molar-refractivity contribution in [3.05, 3.63) is 20.8 Å². The molecule has 1 aromatic heterocycles. The van der Waals surface area contributed by atoms with Gasteiger partial charge in [-0.2, -0.15) is 0 Å². The summed E-state index contributed by atoms with van der Waals surface area (Å²) in [6.45, 7) is 1.96. The van der Waals surface area contributed by atoms with Crippen LogP contribution in [-0.4, -0.2) is 48.4 Å². The van der Waals surface area contributed by atoms with Crippen molar-refractivity contribution in [2.75, 3.05) is 26.7 Å². The number of nitrogens with zero attached hydrogens (tertiary/aromatic N) is 2. The number of rotatable bonds is 4. The van der Waals surface area contributed by atoms with E-state index in [1.807, 2.05) is 23.4 Å². The topological polar surface area (TPSA) is 52.7 Å². The summed E-state index contributed by atoms with van der Waals surface area (Å²) in [7, 11) is 1.87. The fourth-order valence-corrected chi connectivity index (χ4v) is 3.02. The number of likely N-dealkylation sites (N-methyl/N-ethyl adjacent to an activating group) is 1. The summed E-state index contributed by atoms with van der Waals surface area (Å²) in [5, 5.41) is 4.67. The Kier molecular flexibility index (Phi) is 4.36. The summed E-state index contributed by atoms with van der Waals surface area (Å²) < 4.78 is 1.08. The molecule has 1 fully saturated rings. The Hall–Kier alpha value is -0.920. The molecule has 0 atom stereocenters. The number of urea groups is 1. The van der Waals surface area contributed by atoms with Crippen molar-refractivity contribution in [2.24, 2.45) is 0 Å². The van der Waals surface area contributed by atoms with Gasteiger partial charge in [0.1, 0.15) is 0 Å². The van der Waals surface area contributed by atoms with E-state index in [2.05, 4.69) is 21.2 Å². The summed E-state index contributed by atoms with van der Waals surface area (Å²) in [4.78, 5) is 26.4. The molecule has 1 aliphatic heterocycles. The first-order chi connectivity index (χ1) is 8.56. The van der Waals surface area contributed by atoms with Gasteiger partial charge in [-0.1, -0.05) is 0 Å². The first kappa shape index (κ1) is 13.5. The van der Waals surface area contributed by atoms with E-state index < -0.39 is 0 Å². The Balaban J connectivity index is 1.85. The number of hydrogen-bond acceptors (Lipinski definition) is 4. The van der Waals surface area contributed by atoms with Gasteiger partial charge in [0.25, 0.3) is 0 Å². The highest BCUT2D eigenvalue weighted by Crippen LogP contribution is 2.21. The Morgan fingerprint density at radius 3 is 3.00 bits per heavy atom. The van der Waals surface area contributed by atoms with Gasteiger partial charge in [-0.15, -0.1) is 11.3 Å². The molecule has 1 aromatic rings. The van der Waals surface area contributed by atoms with Crippen LogP contribution in [0.1, 0.15) is 5.56 Å². The molecule has 7 heteroatoms. The second kappa shape index (κ2) is 5.81. The predicted octanol–water partition coefficient (Wildman–Crippen LogP) is 1.49. The van der Waals surface area contributed by atoms with E-state index >= 15 is 0 Å². The van der Waals surface area contributed by atoms with E-state index in [1.165, 1.54) is 4.90 Å². The summed E-state index contributed by atoms with van der Waals surface area (Å²) in [6.07, 6.45) is 0. The lowest BCUT2D eigenvalue weighted by Crippen LogP contribution is -2.40. The van der Waals surface area contributed by atoms with Gasteiger partial charge >= 0.3 is 6.03 Å². The molecule has 0 bridgehead atoms. The Bertz CT molecular complexity index is 463. The Labute approximate surface area is 118 Å². The third-order valence-electron chi connectivity index (χ3n) is 2.64. The second-order valence-corrected chi connectivity index (χ2v) is 6.50. The average molecular weight is 332 g/mol. The molecule has 98 valence electrons. The minimum atomic E-state index is -0.285. The van der Waals surface area contributed by atoms with Gasteiger partial charge in [0.15, 0.2) is 0 Å². The molecule has 3 amide bonds. The van der Waals surface area contributed by atoms with Crippen molar-refractivity contribution in [1.82, 2.24) is 15.1 Å². The maximum absolute atomic E-state index is 11.9. The van der Waals surface area contributed by atoms with Gasteiger partial charge in [0, 0.05) is 19.6 Å². The molecular weight excluding hydrogens is 318 g/mol. The number of hydrogen-bond donors (Lipinski definition) is 1. The zero-order valence-electron chi connectivity index (χ0n) is 9.98. The largest absolute Gasteiger partial charge is 0.336 e. The number of halogens is 1. The molecule has 0 aromatic carbocycles. The van der Waals surface area contributed by atoms with Crippen LogP contribution in [0.4, 0.5) is 4.79 Å². The van der Waals surface area contributed by atoms with E-state index in [1.54, 1.807) is 11.3 Å². The molecule has 2 heterocycles. The fourth-order valence-electron chi connectivity index (χ4n) is 1.82. The van der Waals surface area contributed by atoms with E-state index in [0.29, 0.717) is 19.6 Å². The van der Waals surface area contributed by atoms with Gasteiger partial charge in [-0.05, 0) is 40.0 Å². The minimum absolute atomic E-state index is 0.151. The summed E-state index contributed by atoms with van der Waals surface area (Å²) >= 11 is 5.03. The smallest absolute Gasteiger partial charge is 0.324 e. The van der Waals surface area contributed by atoms with Gasteiger partial charge in [0.05, 0.1) is 10.3 Å². The molecule has 1 aliphatic rings. The van der Waals surface area contributed by atoms with Crippen LogP contribution in [0.15, 0.2) is 15.2 Å². The number of carbonyl (C=O) groups is 2. The highest BCUT2D eigenvalue weighted by molar-refractivity contribution is 9.11. The average Bonchev–Trinajstić information content (AvgIpc) is 2.87. The standard InChI is InChI=1S/C11H14BrN3O2S/c1-14(5-8-4-9(12)18-7-8)6-10(16)15-3-2-13-11(15)17/h4,7H,2-3,5-6H2,1H3,(H,13,17). The molecular formula is C11H14BrN3O2S. The molecule has 0 spiro atoms. The SMILES string of the molecule is CN(CC(=O)N1CCNC1=O)Cc1csc(Br)c1. The molecule has 2 rings (SSSR count). The number of imide groups is 1. The number of amides is 3. The Morgan fingerprint density at radius 2 is 2.44 bits per heavy atom. The molecule has 0 aliphatic carbocycles. The van der Waals surface area contributed by atoms with Crippen molar-refractivity contribution < 1.29 is 9.59 Å². The maximum atomic E-state index is 11.9. The molecule has 5 nitrogen and oxygen atoms in total. The normalized spacial score (nSPS) is 15.3. The number of carbonyl (C=O) groups excluding carboxylic acids is 2. The lowest BCUT2D eigenvalue weighted by atomic mass is 10.3. The minimum Gasteiger partial charge on any atom is -0.336 e.